The molecule has 2 atom stereocenters. The number of carbonyl (C=O) groups excluding carboxylic acids is 2. The number of hydrogen-bond acceptors (Lipinski definition) is 3. The third-order valence-electron chi connectivity index (χ3n) is 5.06. The first kappa shape index (κ1) is 12.6. The number of fused-ring (bicyclic) bond motifs is 4. The van der Waals surface area contributed by atoms with E-state index in [1.165, 1.54) is 10.5 Å². The van der Waals surface area contributed by atoms with Crippen LogP contribution in [0.3, 0.4) is 0 Å². The van der Waals surface area contributed by atoms with E-state index < -0.39 is 0 Å². The lowest BCUT2D eigenvalue weighted by atomic mass is 9.88. The highest BCUT2D eigenvalue weighted by atomic mass is 16.5. The second kappa shape index (κ2) is 4.20. The van der Waals surface area contributed by atoms with Crippen molar-refractivity contribution in [3.8, 4) is 5.75 Å². The zero-order valence-corrected chi connectivity index (χ0v) is 12.2. The summed E-state index contributed by atoms with van der Waals surface area (Å²) >= 11 is 0. The zero-order valence-electron chi connectivity index (χ0n) is 12.2. The molecule has 0 aromatic heterocycles. The highest BCUT2D eigenvalue weighted by Gasteiger charge is 2.54. The molecule has 4 rings (SSSR count). The Hall–Kier alpha value is -2.10. The molecule has 1 saturated carbocycles. The first-order valence-electron chi connectivity index (χ1n) is 7.36. The molecule has 2 aliphatic carbocycles. The Morgan fingerprint density at radius 2 is 2.10 bits per heavy atom. The first-order chi connectivity index (χ1) is 10.1. The highest BCUT2D eigenvalue weighted by Crippen LogP contribution is 2.52. The molecular weight excluding hydrogens is 266 g/mol. The summed E-state index contributed by atoms with van der Waals surface area (Å²) in [5.74, 6) is 0.692. The molecule has 0 spiro atoms. The van der Waals surface area contributed by atoms with Crippen LogP contribution in [0.5, 0.6) is 5.75 Å². The molecule has 2 fully saturated rings. The number of hydrogen-bond donors (Lipinski definition) is 0. The van der Waals surface area contributed by atoms with Gasteiger partial charge >= 0.3 is 0 Å². The van der Waals surface area contributed by atoms with Crippen LogP contribution in [0.25, 0.3) is 0 Å². The Morgan fingerprint density at radius 3 is 2.81 bits per heavy atom. The number of carbonyl (C=O) groups is 2. The van der Waals surface area contributed by atoms with E-state index in [-0.39, 0.29) is 17.7 Å². The molecule has 4 heteroatoms. The van der Waals surface area contributed by atoms with E-state index in [9.17, 15) is 9.59 Å². The van der Waals surface area contributed by atoms with Crippen molar-refractivity contribution in [1.29, 1.82) is 0 Å². The van der Waals surface area contributed by atoms with Crippen molar-refractivity contribution in [2.45, 2.75) is 26.2 Å². The molecule has 1 saturated heterocycles. The van der Waals surface area contributed by atoms with Gasteiger partial charge in [-0.05, 0) is 43.7 Å². The molecule has 1 heterocycles. The zero-order chi connectivity index (χ0) is 14.7. The van der Waals surface area contributed by atoms with E-state index in [2.05, 4.69) is 0 Å². The molecule has 2 unspecified atom stereocenters. The van der Waals surface area contributed by atoms with E-state index in [1.807, 2.05) is 19.1 Å². The molecule has 1 aromatic carbocycles. The lowest BCUT2D eigenvalue weighted by Gasteiger charge is -2.18. The minimum Gasteiger partial charge on any atom is -0.496 e. The molecular formula is C17H17NO3. The average molecular weight is 283 g/mol. The molecule has 0 N–H and O–H groups in total. The van der Waals surface area contributed by atoms with Crippen molar-refractivity contribution < 1.29 is 14.3 Å². The maximum atomic E-state index is 12.7. The number of benzene rings is 1. The molecule has 21 heavy (non-hydrogen) atoms. The summed E-state index contributed by atoms with van der Waals surface area (Å²) in [5, 5.41) is 0. The third-order valence-corrected chi connectivity index (χ3v) is 5.06. The monoisotopic (exact) mass is 283 g/mol. The molecule has 3 aliphatic rings. The number of methoxy groups -OCH3 is 1. The van der Waals surface area contributed by atoms with E-state index >= 15 is 0 Å². The van der Waals surface area contributed by atoms with E-state index in [0.717, 1.165) is 30.4 Å². The molecule has 108 valence electrons. The van der Waals surface area contributed by atoms with Gasteiger partial charge in [0.05, 0.1) is 18.7 Å². The summed E-state index contributed by atoms with van der Waals surface area (Å²) in [6, 6.07) is 5.48. The molecule has 1 aromatic rings. The van der Waals surface area contributed by atoms with Gasteiger partial charge < -0.3 is 4.74 Å². The summed E-state index contributed by atoms with van der Waals surface area (Å²) in [7, 11) is 1.60. The lowest BCUT2D eigenvalue weighted by Crippen LogP contribution is -2.32. The van der Waals surface area contributed by atoms with Crippen molar-refractivity contribution in [3.63, 3.8) is 0 Å². The van der Waals surface area contributed by atoms with Crippen molar-refractivity contribution in [2.75, 3.05) is 12.0 Å². The van der Waals surface area contributed by atoms with Gasteiger partial charge in [0.2, 0.25) is 5.91 Å². The van der Waals surface area contributed by atoms with Gasteiger partial charge in [-0.15, -0.1) is 0 Å². The van der Waals surface area contributed by atoms with Crippen molar-refractivity contribution >= 4 is 17.5 Å². The summed E-state index contributed by atoms with van der Waals surface area (Å²) in [6.07, 6.45) is 2.98. The van der Waals surface area contributed by atoms with Gasteiger partial charge in [-0.2, -0.15) is 0 Å². The number of aryl methyl sites for hydroxylation is 1. The normalized spacial score (nSPS) is 26.9. The fourth-order valence-corrected chi connectivity index (χ4v) is 4.03. The second-order valence-electron chi connectivity index (χ2n) is 6.13. The van der Waals surface area contributed by atoms with E-state index in [1.54, 1.807) is 13.2 Å². The van der Waals surface area contributed by atoms with Crippen LogP contribution in [0.4, 0.5) is 5.69 Å². The number of rotatable bonds is 2. The Morgan fingerprint density at radius 1 is 1.29 bits per heavy atom. The Bertz CT molecular complexity index is 704. The highest BCUT2D eigenvalue weighted by molar-refractivity contribution is 6.30. The Kier molecular flexibility index (Phi) is 2.52. The number of allylic oxidation sites excluding steroid dienone is 1. The van der Waals surface area contributed by atoms with Crippen LogP contribution in [0.2, 0.25) is 0 Å². The van der Waals surface area contributed by atoms with Crippen molar-refractivity contribution in [3.05, 3.63) is 34.9 Å². The second-order valence-corrected chi connectivity index (χ2v) is 6.13. The minimum absolute atomic E-state index is 0.0550. The largest absolute Gasteiger partial charge is 0.496 e. The van der Waals surface area contributed by atoms with Crippen LogP contribution < -0.4 is 9.64 Å². The van der Waals surface area contributed by atoms with Gasteiger partial charge in [0.25, 0.3) is 5.91 Å². The summed E-state index contributed by atoms with van der Waals surface area (Å²) in [5.41, 5.74) is 3.61. The van der Waals surface area contributed by atoms with Crippen LogP contribution in [-0.2, 0) is 9.59 Å². The van der Waals surface area contributed by atoms with Gasteiger partial charge in [-0.25, -0.2) is 4.90 Å². The van der Waals surface area contributed by atoms with Crippen LogP contribution >= 0.6 is 0 Å². The first-order valence-corrected chi connectivity index (χ1v) is 7.36. The fraction of sp³-hybridized carbons (Fsp3) is 0.412. The maximum absolute atomic E-state index is 12.7. The van der Waals surface area contributed by atoms with Crippen molar-refractivity contribution in [1.82, 2.24) is 0 Å². The molecule has 0 radical (unpaired) electrons. The number of anilines is 1. The predicted molar refractivity (Wildman–Crippen MR) is 78.1 cm³/mol. The summed E-state index contributed by atoms with van der Waals surface area (Å²) in [6.45, 7) is 1.94. The SMILES string of the molecule is COc1cc(N2C(=O)C3=C4CCC(C4)C3C2=O)ccc1C. The average Bonchev–Trinajstić information content (AvgIpc) is 3.14. The van der Waals surface area contributed by atoms with Crippen LogP contribution in [-0.4, -0.2) is 18.9 Å². The lowest BCUT2D eigenvalue weighted by molar-refractivity contribution is -0.122. The molecule has 1 aliphatic heterocycles. The number of imide groups is 1. The Labute approximate surface area is 123 Å². The summed E-state index contributed by atoms with van der Waals surface area (Å²) < 4.78 is 5.30. The number of nitrogens with zero attached hydrogens (tertiary/aromatic N) is 1. The maximum Gasteiger partial charge on any atom is 0.261 e. The van der Waals surface area contributed by atoms with Gasteiger partial charge in [0.1, 0.15) is 5.75 Å². The predicted octanol–water partition coefficient (Wildman–Crippen LogP) is 2.60. The van der Waals surface area contributed by atoms with Crippen LogP contribution in [0.15, 0.2) is 29.3 Å². The molecule has 4 nitrogen and oxygen atoms in total. The van der Waals surface area contributed by atoms with E-state index in [4.69, 9.17) is 4.74 Å². The van der Waals surface area contributed by atoms with Gasteiger partial charge in [0, 0.05) is 11.6 Å². The molecule has 2 amide bonds. The summed E-state index contributed by atoms with van der Waals surface area (Å²) in [4.78, 5) is 26.7. The topological polar surface area (TPSA) is 46.6 Å². The van der Waals surface area contributed by atoms with Gasteiger partial charge in [0.15, 0.2) is 0 Å². The molecule has 2 bridgehead atoms. The van der Waals surface area contributed by atoms with Crippen LogP contribution in [0, 0.1) is 18.8 Å². The van der Waals surface area contributed by atoms with Gasteiger partial charge in [-0.1, -0.05) is 11.6 Å². The third kappa shape index (κ3) is 1.56. The number of amides is 2. The van der Waals surface area contributed by atoms with Crippen LogP contribution in [0.1, 0.15) is 24.8 Å². The minimum atomic E-state index is -0.187. The standard InChI is InChI=1S/C17H17NO3/c1-9-3-6-12(8-13(9)21-2)18-16(19)14-10-4-5-11(7-10)15(14)17(18)20/h3,6,8,10,14H,4-5,7H2,1-2H3. The van der Waals surface area contributed by atoms with E-state index in [0.29, 0.717) is 17.4 Å². The quantitative estimate of drug-likeness (QED) is 0.784. The van der Waals surface area contributed by atoms with Gasteiger partial charge in [-0.3, -0.25) is 9.59 Å². The number of ether oxygens (including phenoxy) is 1. The Balaban J connectivity index is 1.79. The smallest absolute Gasteiger partial charge is 0.261 e. The van der Waals surface area contributed by atoms with Crippen molar-refractivity contribution in [2.24, 2.45) is 11.8 Å². The fourth-order valence-electron chi connectivity index (χ4n) is 4.03.